The van der Waals surface area contributed by atoms with E-state index in [4.69, 9.17) is 11.6 Å². The molecule has 0 bridgehead atoms. The van der Waals surface area contributed by atoms with Crippen LogP contribution >= 0.6 is 22.9 Å². The lowest BCUT2D eigenvalue weighted by Crippen LogP contribution is -2.14. The van der Waals surface area contributed by atoms with Crippen LogP contribution in [0.2, 0.25) is 5.15 Å². The summed E-state index contributed by atoms with van der Waals surface area (Å²) in [4.78, 5) is 30.2. The Morgan fingerprint density at radius 2 is 2.24 bits per heavy atom. The van der Waals surface area contributed by atoms with Gasteiger partial charge in [-0.2, -0.15) is 0 Å². The minimum atomic E-state index is -0.681. The second kappa shape index (κ2) is 6.15. The van der Waals surface area contributed by atoms with Gasteiger partial charge in [0, 0.05) is 5.38 Å². The van der Waals surface area contributed by atoms with Gasteiger partial charge < -0.3 is 0 Å². The van der Waals surface area contributed by atoms with Crippen LogP contribution in [-0.4, -0.2) is 20.8 Å². The van der Waals surface area contributed by atoms with Crippen molar-refractivity contribution in [3.8, 4) is 0 Å². The number of aromatic nitrogens is 2. The van der Waals surface area contributed by atoms with E-state index in [2.05, 4.69) is 15.3 Å². The average Bonchev–Trinajstić information content (AvgIpc) is 2.86. The third-order valence-corrected chi connectivity index (χ3v) is 3.61. The molecular formula is C12H11ClN4O3S. The van der Waals surface area contributed by atoms with Crippen molar-refractivity contribution in [2.75, 3.05) is 5.32 Å². The maximum Gasteiger partial charge on any atom is 0.300 e. The molecule has 21 heavy (non-hydrogen) atoms. The van der Waals surface area contributed by atoms with Gasteiger partial charge in [0.2, 0.25) is 0 Å². The number of nitro groups is 1. The molecule has 0 radical (unpaired) electrons. The molecule has 0 spiro atoms. The third-order valence-electron chi connectivity index (χ3n) is 2.62. The number of nitrogens with zero attached hydrogens (tertiary/aromatic N) is 3. The fourth-order valence-corrected chi connectivity index (χ4v) is 2.55. The van der Waals surface area contributed by atoms with Gasteiger partial charge in [-0.05, 0) is 12.0 Å². The quantitative estimate of drug-likeness (QED) is 0.527. The van der Waals surface area contributed by atoms with Crippen molar-refractivity contribution in [2.45, 2.75) is 19.8 Å². The highest BCUT2D eigenvalue weighted by atomic mass is 35.5. The maximum atomic E-state index is 12.1. The number of carbonyl (C=O) groups is 1. The van der Waals surface area contributed by atoms with Gasteiger partial charge in [0.05, 0.1) is 10.6 Å². The molecule has 2 aromatic heterocycles. The zero-order chi connectivity index (χ0) is 15.6. The van der Waals surface area contributed by atoms with Gasteiger partial charge in [-0.1, -0.05) is 25.4 Å². The van der Waals surface area contributed by atoms with Crippen molar-refractivity contribution in [3.63, 3.8) is 0 Å². The van der Waals surface area contributed by atoms with E-state index in [0.29, 0.717) is 5.13 Å². The van der Waals surface area contributed by atoms with E-state index in [1.54, 1.807) is 0 Å². The van der Waals surface area contributed by atoms with Gasteiger partial charge in [0.15, 0.2) is 5.13 Å². The summed E-state index contributed by atoms with van der Waals surface area (Å²) in [5, 5.41) is 15.7. The van der Waals surface area contributed by atoms with Crippen molar-refractivity contribution in [1.29, 1.82) is 0 Å². The van der Waals surface area contributed by atoms with E-state index < -0.39 is 16.5 Å². The summed E-state index contributed by atoms with van der Waals surface area (Å²) >= 11 is 6.95. The fraction of sp³-hybridized carbons (Fsp3) is 0.250. The Morgan fingerprint density at radius 3 is 2.81 bits per heavy atom. The van der Waals surface area contributed by atoms with E-state index in [0.717, 1.165) is 18.0 Å². The van der Waals surface area contributed by atoms with Crippen LogP contribution in [0.1, 0.15) is 35.8 Å². The lowest BCUT2D eigenvalue weighted by Gasteiger charge is -2.03. The Labute approximate surface area is 129 Å². The van der Waals surface area contributed by atoms with Crippen LogP contribution < -0.4 is 5.32 Å². The van der Waals surface area contributed by atoms with Gasteiger partial charge in [0.1, 0.15) is 16.9 Å². The first-order valence-electron chi connectivity index (χ1n) is 5.95. The standard InChI is InChI=1S/C12H11ClN4O3S/c1-6(2)8-5-21-12(15-8)16-11(18)7-3-10(13)14-4-9(7)17(19)20/h3-6H,1-2H3,(H,15,16,18). The smallest absolute Gasteiger partial charge is 0.298 e. The van der Waals surface area contributed by atoms with Gasteiger partial charge in [-0.15, -0.1) is 11.3 Å². The molecule has 2 rings (SSSR count). The highest BCUT2D eigenvalue weighted by Crippen LogP contribution is 2.24. The second-order valence-corrected chi connectivity index (χ2v) is 5.71. The number of nitrogens with one attached hydrogen (secondary N) is 1. The molecule has 0 saturated carbocycles. The molecule has 0 aliphatic carbocycles. The van der Waals surface area contributed by atoms with Crippen LogP contribution in [0.15, 0.2) is 17.6 Å². The molecule has 2 heterocycles. The lowest BCUT2D eigenvalue weighted by atomic mass is 10.2. The van der Waals surface area contributed by atoms with Crippen LogP contribution in [0.25, 0.3) is 0 Å². The minimum absolute atomic E-state index is 0.00718. The number of rotatable bonds is 4. The molecule has 1 N–H and O–H groups in total. The number of halogens is 1. The zero-order valence-corrected chi connectivity index (χ0v) is 12.7. The maximum absolute atomic E-state index is 12.1. The van der Waals surface area contributed by atoms with Crippen LogP contribution in [0.3, 0.4) is 0 Å². The summed E-state index contributed by atoms with van der Waals surface area (Å²) in [6, 6.07) is 1.16. The lowest BCUT2D eigenvalue weighted by molar-refractivity contribution is -0.385. The summed E-state index contributed by atoms with van der Waals surface area (Å²) < 4.78 is 0. The number of amides is 1. The Balaban J connectivity index is 2.27. The number of carbonyl (C=O) groups excluding carboxylic acids is 1. The van der Waals surface area contributed by atoms with Crippen molar-refractivity contribution in [3.05, 3.63) is 44.2 Å². The molecule has 0 saturated heterocycles. The van der Waals surface area contributed by atoms with Crippen LogP contribution in [0, 0.1) is 10.1 Å². The van der Waals surface area contributed by atoms with E-state index in [1.165, 1.54) is 11.3 Å². The molecule has 110 valence electrons. The Morgan fingerprint density at radius 1 is 1.52 bits per heavy atom. The first-order valence-corrected chi connectivity index (χ1v) is 7.21. The average molecular weight is 327 g/mol. The van der Waals surface area contributed by atoms with Gasteiger partial charge >= 0.3 is 0 Å². The van der Waals surface area contributed by atoms with E-state index >= 15 is 0 Å². The highest BCUT2D eigenvalue weighted by molar-refractivity contribution is 7.14. The summed E-state index contributed by atoms with van der Waals surface area (Å²) in [6.45, 7) is 3.96. The molecule has 0 atom stereocenters. The molecule has 0 aliphatic heterocycles. The Bertz CT molecular complexity index is 702. The largest absolute Gasteiger partial charge is 0.300 e. The fourth-order valence-electron chi connectivity index (χ4n) is 1.52. The normalized spacial score (nSPS) is 10.7. The van der Waals surface area contributed by atoms with Crippen molar-refractivity contribution < 1.29 is 9.72 Å². The van der Waals surface area contributed by atoms with Crippen LogP contribution in [0.5, 0.6) is 0 Å². The molecule has 2 aromatic rings. The van der Waals surface area contributed by atoms with E-state index in [-0.39, 0.29) is 16.6 Å². The first-order chi connectivity index (χ1) is 9.88. The zero-order valence-electron chi connectivity index (χ0n) is 11.2. The summed E-state index contributed by atoms with van der Waals surface area (Å²) in [5.41, 5.74) is 0.288. The van der Waals surface area contributed by atoms with E-state index in [9.17, 15) is 14.9 Å². The van der Waals surface area contributed by atoms with Crippen molar-refractivity contribution in [1.82, 2.24) is 9.97 Å². The number of pyridine rings is 1. The van der Waals surface area contributed by atoms with Crippen LogP contribution in [0.4, 0.5) is 10.8 Å². The SMILES string of the molecule is CC(C)c1csc(NC(=O)c2cc(Cl)ncc2[N+](=O)[O-])n1. The number of thiazole rings is 1. The van der Waals surface area contributed by atoms with Gasteiger partial charge in [-0.3, -0.25) is 20.2 Å². The molecule has 7 nitrogen and oxygen atoms in total. The Hall–Kier alpha value is -2.06. The predicted molar refractivity (Wildman–Crippen MR) is 80.1 cm³/mol. The summed E-state index contributed by atoms with van der Waals surface area (Å²) in [5.74, 6) is -0.410. The second-order valence-electron chi connectivity index (χ2n) is 4.47. The molecule has 0 fully saturated rings. The molecule has 0 unspecified atom stereocenters. The minimum Gasteiger partial charge on any atom is -0.298 e. The highest BCUT2D eigenvalue weighted by Gasteiger charge is 2.22. The van der Waals surface area contributed by atoms with E-state index in [1.807, 2.05) is 19.2 Å². The van der Waals surface area contributed by atoms with Gasteiger partial charge in [-0.25, -0.2) is 9.97 Å². The van der Waals surface area contributed by atoms with Crippen molar-refractivity contribution in [2.24, 2.45) is 0 Å². The predicted octanol–water partition coefficient (Wildman–Crippen LogP) is 3.48. The number of anilines is 1. The number of hydrogen-bond acceptors (Lipinski definition) is 6. The van der Waals surface area contributed by atoms with Crippen LogP contribution in [-0.2, 0) is 0 Å². The van der Waals surface area contributed by atoms with Gasteiger partial charge in [0.25, 0.3) is 11.6 Å². The topological polar surface area (TPSA) is 98.0 Å². The summed E-state index contributed by atoms with van der Waals surface area (Å²) in [6.07, 6.45) is 0.957. The monoisotopic (exact) mass is 326 g/mol. The molecule has 1 amide bonds. The third kappa shape index (κ3) is 3.53. The molecule has 0 aliphatic rings. The first kappa shape index (κ1) is 15.3. The summed E-state index contributed by atoms with van der Waals surface area (Å²) in [7, 11) is 0. The molecule has 0 aromatic carbocycles. The number of hydrogen-bond donors (Lipinski definition) is 1. The molecular weight excluding hydrogens is 316 g/mol. The molecule has 9 heteroatoms. The Kier molecular flexibility index (Phi) is 4.49. The van der Waals surface area contributed by atoms with Crippen molar-refractivity contribution >= 4 is 39.7 Å².